The summed E-state index contributed by atoms with van der Waals surface area (Å²) in [6.07, 6.45) is -0.576. The molecule has 1 unspecified atom stereocenters. The molecule has 108 valence electrons. The molecule has 20 heavy (non-hydrogen) atoms. The molecule has 1 atom stereocenters. The van der Waals surface area contributed by atoms with E-state index in [1.165, 1.54) is 7.11 Å². The van der Waals surface area contributed by atoms with Gasteiger partial charge in [-0.1, -0.05) is 18.3 Å². The lowest BCUT2D eigenvalue weighted by Gasteiger charge is -2.34. The molecule has 1 aromatic rings. The first-order chi connectivity index (χ1) is 9.52. The quantitative estimate of drug-likeness (QED) is 0.663. The van der Waals surface area contributed by atoms with E-state index in [0.29, 0.717) is 24.7 Å². The van der Waals surface area contributed by atoms with E-state index in [0.717, 1.165) is 16.8 Å². The van der Waals surface area contributed by atoms with E-state index in [1.807, 2.05) is 25.1 Å². The minimum absolute atomic E-state index is 0.348. The molecule has 0 aliphatic carbocycles. The molecule has 1 heterocycles. The molecule has 0 aromatic heterocycles. The van der Waals surface area contributed by atoms with Crippen molar-refractivity contribution in [1.29, 1.82) is 0 Å². The third kappa shape index (κ3) is 3.08. The number of anilines is 1. The van der Waals surface area contributed by atoms with Crippen molar-refractivity contribution in [2.75, 3.05) is 31.7 Å². The number of nitrogens with zero attached hydrogens (tertiary/aromatic N) is 1. The van der Waals surface area contributed by atoms with E-state index in [1.54, 1.807) is 0 Å². The summed E-state index contributed by atoms with van der Waals surface area (Å²) in [6.45, 7) is 3.59. The summed E-state index contributed by atoms with van der Waals surface area (Å²) in [4.78, 5) is 14.0. The van der Waals surface area contributed by atoms with Crippen molar-refractivity contribution in [1.82, 2.24) is 0 Å². The van der Waals surface area contributed by atoms with Crippen molar-refractivity contribution in [2.45, 2.75) is 13.0 Å². The Balaban J connectivity index is 2.28. The van der Waals surface area contributed by atoms with Crippen molar-refractivity contribution >= 4 is 28.9 Å². The van der Waals surface area contributed by atoms with Crippen molar-refractivity contribution in [2.24, 2.45) is 5.73 Å². The van der Waals surface area contributed by atoms with Crippen LogP contribution in [0.25, 0.3) is 0 Å². The van der Waals surface area contributed by atoms with Gasteiger partial charge in [0.05, 0.1) is 20.3 Å². The fourth-order valence-corrected chi connectivity index (χ4v) is 2.43. The first-order valence-electron chi connectivity index (χ1n) is 6.37. The van der Waals surface area contributed by atoms with Crippen LogP contribution in [0.5, 0.6) is 0 Å². The fraction of sp³-hybridized carbons (Fsp3) is 0.429. The first-order valence-corrected chi connectivity index (χ1v) is 6.78. The highest BCUT2D eigenvalue weighted by atomic mass is 32.1. The van der Waals surface area contributed by atoms with Crippen LogP contribution in [0.4, 0.5) is 5.69 Å². The number of aryl methyl sites for hydroxylation is 1. The molecule has 0 saturated carbocycles. The van der Waals surface area contributed by atoms with Crippen molar-refractivity contribution < 1.29 is 14.3 Å². The van der Waals surface area contributed by atoms with Crippen molar-refractivity contribution in [3.63, 3.8) is 0 Å². The summed E-state index contributed by atoms with van der Waals surface area (Å²) in [5, 5.41) is 0. The lowest BCUT2D eigenvalue weighted by atomic mass is 10.1. The summed E-state index contributed by atoms with van der Waals surface area (Å²) < 4.78 is 10.2. The van der Waals surface area contributed by atoms with Gasteiger partial charge in [-0.3, -0.25) is 0 Å². The molecule has 1 fully saturated rings. The Hall–Kier alpha value is -1.66. The van der Waals surface area contributed by atoms with E-state index in [-0.39, 0.29) is 5.97 Å². The van der Waals surface area contributed by atoms with Crippen LogP contribution in [0.3, 0.4) is 0 Å². The highest BCUT2D eigenvalue weighted by Gasteiger charge is 2.28. The monoisotopic (exact) mass is 294 g/mol. The lowest BCUT2D eigenvalue weighted by Crippen LogP contribution is -2.47. The van der Waals surface area contributed by atoms with Gasteiger partial charge in [-0.05, 0) is 24.6 Å². The first kappa shape index (κ1) is 14.7. The average molecular weight is 294 g/mol. The minimum atomic E-state index is -0.576. The number of morpholine rings is 1. The number of ether oxygens (including phenoxy) is 2. The molecule has 1 aliphatic rings. The van der Waals surface area contributed by atoms with Gasteiger partial charge in [0.25, 0.3) is 0 Å². The zero-order valence-corrected chi connectivity index (χ0v) is 12.4. The Morgan fingerprint density at radius 3 is 2.95 bits per heavy atom. The van der Waals surface area contributed by atoms with E-state index < -0.39 is 6.10 Å². The summed E-state index contributed by atoms with van der Waals surface area (Å²) in [7, 11) is 1.36. The van der Waals surface area contributed by atoms with Gasteiger partial charge >= 0.3 is 5.97 Å². The molecule has 0 radical (unpaired) electrons. The second-order valence-corrected chi connectivity index (χ2v) is 5.15. The molecule has 0 spiro atoms. The summed E-state index contributed by atoms with van der Waals surface area (Å²) in [6, 6.07) is 5.90. The van der Waals surface area contributed by atoms with E-state index >= 15 is 0 Å². The maximum atomic E-state index is 11.6. The molecule has 2 N–H and O–H groups in total. The van der Waals surface area contributed by atoms with Crippen molar-refractivity contribution in [3.05, 3.63) is 29.3 Å². The Kier molecular flexibility index (Phi) is 4.57. The summed E-state index contributed by atoms with van der Waals surface area (Å²) in [5.74, 6) is -0.362. The molecular formula is C14H18N2O3S. The van der Waals surface area contributed by atoms with E-state index in [2.05, 4.69) is 4.90 Å². The number of carbonyl (C=O) groups is 1. The Morgan fingerprint density at radius 1 is 1.55 bits per heavy atom. The number of hydrogen-bond donors (Lipinski definition) is 1. The van der Waals surface area contributed by atoms with Gasteiger partial charge in [0.15, 0.2) is 6.10 Å². The molecule has 2 rings (SSSR count). The second-order valence-electron chi connectivity index (χ2n) is 4.71. The molecule has 1 aliphatic heterocycles. The van der Waals surface area contributed by atoms with E-state index in [4.69, 9.17) is 27.4 Å². The third-order valence-corrected chi connectivity index (χ3v) is 3.51. The molecule has 1 saturated heterocycles. The van der Waals surface area contributed by atoms with Crippen LogP contribution in [0.2, 0.25) is 0 Å². The topological polar surface area (TPSA) is 64.8 Å². The molecule has 0 bridgehead atoms. The zero-order chi connectivity index (χ0) is 14.7. The molecule has 6 heteroatoms. The number of methoxy groups -OCH3 is 1. The standard InChI is InChI=1S/C14H18N2O3S/c1-9-3-4-10(13(15)20)11(7-9)16-5-6-19-12(8-16)14(17)18-2/h3-4,7,12H,5-6,8H2,1-2H3,(H2,15,20). The van der Waals surface area contributed by atoms with E-state index in [9.17, 15) is 4.79 Å². The SMILES string of the molecule is COC(=O)C1CN(c2cc(C)ccc2C(N)=S)CCO1. The zero-order valence-electron chi connectivity index (χ0n) is 11.6. The van der Waals surface area contributed by atoms with Gasteiger partial charge in [0.2, 0.25) is 0 Å². The van der Waals surface area contributed by atoms with Crippen LogP contribution < -0.4 is 10.6 Å². The number of rotatable bonds is 3. The van der Waals surface area contributed by atoms with Crippen LogP contribution in [0.1, 0.15) is 11.1 Å². The number of esters is 1. The summed E-state index contributed by atoms with van der Waals surface area (Å²) >= 11 is 5.09. The fourth-order valence-electron chi connectivity index (χ4n) is 2.25. The Morgan fingerprint density at radius 2 is 2.30 bits per heavy atom. The number of benzene rings is 1. The van der Waals surface area contributed by atoms with Gasteiger partial charge in [-0.15, -0.1) is 0 Å². The van der Waals surface area contributed by atoms with Crippen LogP contribution in [0, 0.1) is 6.92 Å². The van der Waals surface area contributed by atoms with Gasteiger partial charge in [0.1, 0.15) is 4.99 Å². The third-order valence-electron chi connectivity index (χ3n) is 3.29. The van der Waals surface area contributed by atoms with Gasteiger partial charge in [-0.25, -0.2) is 4.79 Å². The highest BCUT2D eigenvalue weighted by Crippen LogP contribution is 2.24. The molecule has 1 aromatic carbocycles. The molecule has 0 amide bonds. The van der Waals surface area contributed by atoms with Crippen LogP contribution >= 0.6 is 12.2 Å². The average Bonchev–Trinajstić information content (AvgIpc) is 2.46. The van der Waals surface area contributed by atoms with Crippen molar-refractivity contribution in [3.8, 4) is 0 Å². The predicted octanol–water partition coefficient (Wildman–Crippen LogP) is 1.01. The van der Waals surface area contributed by atoms with Crippen LogP contribution in [-0.4, -0.2) is 43.9 Å². The number of nitrogens with two attached hydrogens (primary N) is 1. The minimum Gasteiger partial charge on any atom is -0.467 e. The maximum absolute atomic E-state index is 11.6. The lowest BCUT2D eigenvalue weighted by molar-refractivity contribution is -0.154. The largest absolute Gasteiger partial charge is 0.467 e. The number of carbonyl (C=O) groups excluding carboxylic acids is 1. The van der Waals surface area contributed by atoms with Crippen LogP contribution in [-0.2, 0) is 14.3 Å². The Labute approximate surface area is 123 Å². The second kappa shape index (κ2) is 6.19. The highest BCUT2D eigenvalue weighted by molar-refractivity contribution is 7.80. The van der Waals surface area contributed by atoms with Gasteiger partial charge in [-0.2, -0.15) is 0 Å². The normalized spacial score (nSPS) is 18.7. The maximum Gasteiger partial charge on any atom is 0.336 e. The smallest absolute Gasteiger partial charge is 0.336 e. The van der Waals surface area contributed by atoms with Gasteiger partial charge in [0, 0.05) is 17.8 Å². The molecule has 5 nitrogen and oxygen atoms in total. The predicted molar refractivity (Wildman–Crippen MR) is 81.0 cm³/mol. The number of hydrogen-bond acceptors (Lipinski definition) is 5. The van der Waals surface area contributed by atoms with Crippen LogP contribution in [0.15, 0.2) is 18.2 Å². The van der Waals surface area contributed by atoms with Gasteiger partial charge < -0.3 is 20.1 Å². The summed E-state index contributed by atoms with van der Waals surface area (Å²) in [5.41, 5.74) is 8.64. The Bertz CT molecular complexity index is 533. The number of thiocarbonyl (C=S) groups is 1. The molecular weight excluding hydrogens is 276 g/mol.